The van der Waals surface area contributed by atoms with E-state index >= 15 is 0 Å². The third-order valence-electron chi connectivity index (χ3n) is 2.05. The van der Waals surface area contributed by atoms with Crippen molar-refractivity contribution in [1.29, 1.82) is 0 Å². The van der Waals surface area contributed by atoms with Crippen molar-refractivity contribution in [3.8, 4) is 0 Å². The molecule has 1 heterocycles. The van der Waals surface area contributed by atoms with E-state index in [0.717, 1.165) is 5.56 Å². The normalized spacial score (nSPS) is 11.6. The lowest BCUT2D eigenvalue weighted by Crippen LogP contribution is -2.02. The van der Waals surface area contributed by atoms with Crippen molar-refractivity contribution in [2.45, 2.75) is 16.8 Å². The van der Waals surface area contributed by atoms with Crippen LogP contribution < -0.4 is 0 Å². The van der Waals surface area contributed by atoms with Crippen LogP contribution >= 0.6 is 22.9 Å². The average molecular weight is 349 g/mol. The molecule has 7 heteroatoms. The van der Waals surface area contributed by atoms with Crippen LogP contribution in [-0.4, -0.2) is 21.6 Å². The lowest BCUT2D eigenvalue weighted by molar-refractivity contribution is 0.592. The summed E-state index contributed by atoms with van der Waals surface area (Å²) in [7, 11) is -3.53. The molecule has 16 heavy (non-hydrogen) atoms. The van der Waals surface area contributed by atoms with Crippen molar-refractivity contribution >= 4 is 32.7 Å². The molecule has 0 radical (unpaired) electrons. The maximum atomic E-state index is 12.0. The first kappa shape index (κ1) is 11.5. The summed E-state index contributed by atoms with van der Waals surface area (Å²) in [5.74, 6) is 0. The van der Waals surface area contributed by atoms with Crippen LogP contribution in [0.3, 0.4) is 0 Å². The summed E-state index contributed by atoms with van der Waals surface area (Å²) in [6, 6.07) is 6.64. The lowest BCUT2D eigenvalue weighted by Gasteiger charge is -2.00. The highest BCUT2D eigenvalue weighted by atomic mass is 127. The van der Waals surface area contributed by atoms with Crippen LogP contribution in [0.1, 0.15) is 5.56 Å². The second-order valence-electron chi connectivity index (χ2n) is 3.26. The van der Waals surface area contributed by atoms with Crippen LogP contribution in [0.25, 0.3) is 0 Å². The standard InChI is InChI=1S/C9H8IN3O2S/c1-7-2-4-8(5-3-7)16(14,15)9-6-13(10)12-11-9/h2-6H,1H3. The first-order chi connectivity index (χ1) is 7.50. The minimum atomic E-state index is -3.53. The van der Waals surface area contributed by atoms with E-state index in [2.05, 4.69) is 10.3 Å². The number of aromatic nitrogens is 3. The Balaban J connectivity index is 2.51. The predicted molar refractivity (Wildman–Crippen MR) is 66.1 cm³/mol. The first-order valence-corrected chi connectivity index (χ1v) is 6.85. The second-order valence-corrected chi connectivity index (χ2v) is 6.15. The van der Waals surface area contributed by atoms with Crippen molar-refractivity contribution < 1.29 is 8.42 Å². The molecule has 0 amide bonds. The Kier molecular flexibility index (Phi) is 2.98. The fourth-order valence-corrected chi connectivity index (χ4v) is 2.86. The highest BCUT2D eigenvalue weighted by Gasteiger charge is 2.20. The molecule has 0 unspecified atom stereocenters. The number of sulfone groups is 1. The van der Waals surface area contributed by atoms with Crippen LogP contribution in [0.4, 0.5) is 0 Å². The van der Waals surface area contributed by atoms with E-state index in [1.807, 2.05) is 29.8 Å². The van der Waals surface area contributed by atoms with E-state index in [1.54, 1.807) is 24.3 Å². The van der Waals surface area contributed by atoms with Gasteiger partial charge in [0.1, 0.15) is 0 Å². The molecule has 0 aliphatic heterocycles. The van der Waals surface area contributed by atoms with E-state index in [4.69, 9.17) is 0 Å². The van der Waals surface area contributed by atoms with E-state index in [1.165, 1.54) is 9.09 Å². The highest BCUT2D eigenvalue weighted by molar-refractivity contribution is 14.1. The van der Waals surface area contributed by atoms with Crippen LogP contribution in [0.2, 0.25) is 0 Å². The van der Waals surface area contributed by atoms with Gasteiger partial charge in [-0.15, -0.1) is 5.10 Å². The first-order valence-electron chi connectivity index (χ1n) is 4.40. The fourth-order valence-electron chi connectivity index (χ4n) is 1.19. The molecule has 0 fully saturated rings. The van der Waals surface area contributed by atoms with Gasteiger partial charge in [0.2, 0.25) is 14.9 Å². The van der Waals surface area contributed by atoms with Gasteiger partial charge in [-0.1, -0.05) is 22.9 Å². The summed E-state index contributed by atoms with van der Waals surface area (Å²) in [6.07, 6.45) is 1.37. The number of halogens is 1. The fraction of sp³-hybridized carbons (Fsp3) is 0.111. The van der Waals surface area contributed by atoms with E-state index in [9.17, 15) is 8.42 Å². The molecule has 0 N–H and O–H groups in total. The summed E-state index contributed by atoms with van der Waals surface area (Å²) >= 11 is 1.84. The summed E-state index contributed by atoms with van der Waals surface area (Å²) in [5.41, 5.74) is 1.01. The summed E-state index contributed by atoms with van der Waals surface area (Å²) in [5, 5.41) is 7.17. The van der Waals surface area contributed by atoms with E-state index < -0.39 is 9.84 Å². The molecule has 0 spiro atoms. The quantitative estimate of drug-likeness (QED) is 0.773. The van der Waals surface area contributed by atoms with Crippen molar-refractivity contribution in [3.63, 3.8) is 0 Å². The zero-order valence-electron chi connectivity index (χ0n) is 8.33. The molecule has 0 saturated heterocycles. The number of hydrogen-bond acceptors (Lipinski definition) is 4. The molecule has 0 aliphatic carbocycles. The Labute approximate surface area is 107 Å². The van der Waals surface area contributed by atoms with Crippen molar-refractivity contribution in [3.05, 3.63) is 36.0 Å². The van der Waals surface area contributed by atoms with Gasteiger partial charge in [-0.25, -0.2) is 8.42 Å². The predicted octanol–water partition coefficient (Wildman–Crippen LogP) is 1.62. The maximum absolute atomic E-state index is 12.0. The zero-order chi connectivity index (χ0) is 11.8. The second kappa shape index (κ2) is 4.13. The molecule has 0 aliphatic rings. The van der Waals surface area contributed by atoms with E-state index in [-0.39, 0.29) is 9.92 Å². The van der Waals surface area contributed by atoms with Gasteiger partial charge in [-0.3, -0.25) is 0 Å². The van der Waals surface area contributed by atoms with Gasteiger partial charge in [0.15, 0.2) is 0 Å². The molecular weight excluding hydrogens is 341 g/mol. The monoisotopic (exact) mass is 349 g/mol. The Hall–Kier alpha value is -0.960. The smallest absolute Gasteiger partial charge is 0.217 e. The third kappa shape index (κ3) is 2.09. The van der Waals surface area contributed by atoms with E-state index in [0.29, 0.717) is 0 Å². The van der Waals surface area contributed by atoms with Gasteiger partial charge in [-0.2, -0.15) is 2.90 Å². The Morgan fingerprint density at radius 2 is 1.88 bits per heavy atom. The Morgan fingerprint density at radius 3 is 2.38 bits per heavy atom. The minimum absolute atomic E-state index is 0.0363. The largest absolute Gasteiger partial charge is 0.227 e. The molecule has 1 aromatic heterocycles. The summed E-state index contributed by atoms with van der Waals surface area (Å²) < 4.78 is 25.4. The Bertz CT molecular complexity index is 604. The van der Waals surface area contributed by atoms with Crippen LogP contribution in [0.15, 0.2) is 40.4 Å². The maximum Gasteiger partial charge on any atom is 0.227 e. The topological polar surface area (TPSA) is 64.8 Å². The molecular formula is C9H8IN3O2S. The minimum Gasteiger partial charge on any atom is -0.217 e. The highest BCUT2D eigenvalue weighted by Crippen LogP contribution is 2.19. The average Bonchev–Trinajstić information content (AvgIpc) is 2.66. The van der Waals surface area contributed by atoms with Gasteiger partial charge in [0, 0.05) is 0 Å². The molecule has 1 aromatic carbocycles. The number of rotatable bonds is 2. The lowest BCUT2D eigenvalue weighted by atomic mass is 10.2. The number of aryl methyl sites for hydroxylation is 1. The van der Waals surface area contributed by atoms with Gasteiger partial charge < -0.3 is 0 Å². The third-order valence-corrected chi connectivity index (χ3v) is 4.15. The van der Waals surface area contributed by atoms with Crippen LogP contribution in [0, 0.1) is 6.92 Å². The van der Waals surface area contributed by atoms with Crippen LogP contribution in [-0.2, 0) is 9.84 Å². The van der Waals surface area contributed by atoms with Crippen molar-refractivity contribution in [1.82, 2.24) is 13.2 Å². The molecule has 84 valence electrons. The number of hydrogen-bond donors (Lipinski definition) is 0. The molecule has 2 aromatic rings. The molecule has 2 rings (SSSR count). The molecule has 5 nitrogen and oxygen atoms in total. The Morgan fingerprint density at radius 1 is 1.25 bits per heavy atom. The van der Waals surface area contributed by atoms with Crippen molar-refractivity contribution in [2.75, 3.05) is 0 Å². The SMILES string of the molecule is Cc1ccc(S(=O)(=O)c2cn(I)nn2)cc1. The molecule has 0 atom stereocenters. The number of benzene rings is 1. The van der Waals surface area contributed by atoms with Crippen LogP contribution in [0.5, 0.6) is 0 Å². The van der Waals surface area contributed by atoms with Gasteiger partial charge in [0.25, 0.3) is 0 Å². The zero-order valence-corrected chi connectivity index (χ0v) is 11.3. The van der Waals surface area contributed by atoms with Gasteiger partial charge >= 0.3 is 0 Å². The van der Waals surface area contributed by atoms with Gasteiger partial charge in [0.05, 0.1) is 34.0 Å². The number of nitrogens with zero attached hydrogens (tertiary/aromatic N) is 3. The summed E-state index contributed by atoms with van der Waals surface area (Å²) in [4.78, 5) is 0.231. The summed E-state index contributed by atoms with van der Waals surface area (Å²) in [6.45, 7) is 1.90. The molecule has 0 bridgehead atoms. The van der Waals surface area contributed by atoms with Gasteiger partial charge in [-0.05, 0) is 19.1 Å². The van der Waals surface area contributed by atoms with Crippen molar-refractivity contribution in [2.24, 2.45) is 0 Å². The molecule has 0 saturated carbocycles.